The van der Waals surface area contributed by atoms with Gasteiger partial charge in [-0.1, -0.05) is 24.8 Å². The summed E-state index contributed by atoms with van der Waals surface area (Å²) < 4.78 is 23.4. The molecule has 0 N–H and O–H groups in total. The molecule has 1 aromatic rings. The van der Waals surface area contributed by atoms with Crippen molar-refractivity contribution in [2.75, 3.05) is 0 Å². The molecule has 0 radical (unpaired) electrons. The van der Waals surface area contributed by atoms with Crippen molar-refractivity contribution in [3.8, 4) is 0 Å². The second kappa shape index (κ2) is 3.89. The zero-order valence-electron chi connectivity index (χ0n) is 7.53. The molecule has 0 aliphatic rings. The molecule has 70 valence electrons. The average molecular weight is 212 g/mol. The van der Waals surface area contributed by atoms with Crippen LogP contribution in [0.25, 0.3) is 0 Å². The average Bonchev–Trinajstić information content (AvgIpc) is 2.18. The molecule has 0 heterocycles. The summed E-state index contributed by atoms with van der Waals surface area (Å²) in [5.74, 6) is 0. The van der Waals surface area contributed by atoms with Crippen molar-refractivity contribution in [3.05, 3.63) is 41.8 Å². The quantitative estimate of drug-likeness (QED) is 0.693. The third kappa shape index (κ3) is 2.08. The number of sulfone groups is 1. The van der Waals surface area contributed by atoms with Gasteiger partial charge in [0.25, 0.3) is 0 Å². The van der Waals surface area contributed by atoms with Gasteiger partial charge in [-0.25, -0.2) is 8.42 Å². The summed E-state index contributed by atoms with van der Waals surface area (Å²) >= 11 is 0. The summed E-state index contributed by atoms with van der Waals surface area (Å²) in [6.45, 7) is 3.57. The van der Waals surface area contributed by atoms with Crippen LogP contribution in [0.2, 0.25) is 6.04 Å². The second-order valence-corrected chi connectivity index (χ2v) is 5.47. The summed E-state index contributed by atoms with van der Waals surface area (Å²) in [6.07, 6.45) is 0. The first-order valence-electron chi connectivity index (χ1n) is 4.07. The lowest BCUT2D eigenvalue weighted by molar-refractivity contribution is 0.602. The zero-order chi connectivity index (χ0) is 9.90. The molecule has 0 spiro atoms. The Kier molecular flexibility index (Phi) is 3.06. The van der Waals surface area contributed by atoms with Gasteiger partial charge in [0.05, 0.1) is 4.90 Å². The van der Waals surface area contributed by atoms with E-state index in [4.69, 9.17) is 0 Å². The fourth-order valence-electron chi connectivity index (χ4n) is 0.956. The van der Waals surface area contributed by atoms with Crippen LogP contribution < -0.4 is 0 Å². The molecule has 13 heavy (non-hydrogen) atoms. The van der Waals surface area contributed by atoms with Crippen molar-refractivity contribution in [2.24, 2.45) is 0 Å². The predicted octanol–water partition coefficient (Wildman–Crippen LogP) is 0.758. The minimum absolute atomic E-state index is 0.324. The normalized spacial score (nSPS) is 11.4. The highest BCUT2D eigenvalue weighted by atomic mass is 32.2. The lowest BCUT2D eigenvalue weighted by atomic mass is 10.4. The molecule has 2 nitrogen and oxygen atoms in total. The Bertz CT molecular complexity index is 395. The summed E-state index contributed by atoms with van der Waals surface area (Å²) in [7, 11) is -2.42. The molecule has 1 aromatic carbocycles. The van der Waals surface area contributed by atoms with E-state index in [1.807, 2.05) is 0 Å². The molecule has 0 fully saturated rings. The van der Waals surface area contributed by atoms with Crippen molar-refractivity contribution < 1.29 is 8.42 Å². The van der Waals surface area contributed by atoms with E-state index >= 15 is 0 Å². The zero-order valence-corrected chi connectivity index (χ0v) is 10.3. The third-order valence-electron chi connectivity index (χ3n) is 1.83. The van der Waals surface area contributed by atoms with Crippen molar-refractivity contribution >= 4 is 20.1 Å². The summed E-state index contributed by atoms with van der Waals surface area (Å²) in [4.78, 5) is 0.668. The first-order valence-corrected chi connectivity index (χ1v) is 6.96. The molecule has 4 heteroatoms. The molecule has 0 aromatic heterocycles. The van der Waals surface area contributed by atoms with Crippen LogP contribution >= 0.6 is 0 Å². The number of hydrogen-bond acceptors (Lipinski definition) is 2. The van der Waals surface area contributed by atoms with Gasteiger partial charge < -0.3 is 0 Å². The van der Waals surface area contributed by atoms with Gasteiger partial charge in [-0.2, -0.15) is 0 Å². The van der Waals surface area contributed by atoms with Crippen LogP contribution in [0.15, 0.2) is 46.7 Å². The SMILES string of the molecule is C=C(C[SiH3])S(=O)(=O)c1ccccc1. The second-order valence-electron chi connectivity index (χ2n) is 2.71. The molecule has 0 aliphatic heterocycles. The van der Waals surface area contributed by atoms with E-state index in [1.54, 1.807) is 30.3 Å². The Balaban J connectivity index is 3.17. The van der Waals surface area contributed by atoms with Gasteiger partial charge in [-0.05, 0) is 18.2 Å². The molecule has 0 saturated carbocycles. The first kappa shape index (κ1) is 10.2. The third-order valence-corrected chi connectivity index (χ3v) is 5.14. The molecule has 1 rings (SSSR count). The number of hydrogen-bond donors (Lipinski definition) is 0. The standard InChI is InChI=1S/C9H12O2SSi/c1-8(7-13)12(10,11)9-5-3-2-4-6-9/h2-6H,1,7H2,13H3. The highest BCUT2D eigenvalue weighted by Gasteiger charge is 2.15. The van der Waals surface area contributed by atoms with Crippen LogP contribution in [0.1, 0.15) is 0 Å². The van der Waals surface area contributed by atoms with Crippen LogP contribution in [0.5, 0.6) is 0 Å². The van der Waals surface area contributed by atoms with E-state index in [9.17, 15) is 8.42 Å². The van der Waals surface area contributed by atoms with Crippen molar-refractivity contribution in [1.82, 2.24) is 0 Å². The van der Waals surface area contributed by atoms with Gasteiger partial charge in [-0.3, -0.25) is 0 Å². The van der Waals surface area contributed by atoms with Gasteiger partial charge in [-0.15, -0.1) is 0 Å². The molecule has 0 saturated heterocycles. The Morgan fingerprint density at radius 3 is 2.31 bits per heavy atom. The van der Waals surface area contributed by atoms with Gasteiger partial charge >= 0.3 is 0 Å². The minimum atomic E-state index is -3.25. The van der Waals surface area contributed by atoms with E-state index in [2.05, 4.69) is 6.58 Å². The lowest BCUT2D eigenvalue weighted by Gasteiger charge is -2.04. The summed E-state index contributed by atoms with van der Waals surface area (Å²) in [5, 5.41) is 0. The molecular weight excluding hydrogens is 200 g/mol. The Hall–Kier alpha value is -0.873. The van der Waals surface area contributed by atoms with Crippen LogP contribution in [0, 0.1) is 0 Å². The van der Waals surface area contributed by atoms with E-state index in [0.717, 1.165) is 10.2 Å². The topological polar surface area (TPSA) is 34.1 Å². The molecule has 0 unspecified atom stereocenters. The fourth-order valence-corrected chi connectivity index (χ4v) is 3.33. The van der Waals surface area contributed by atoms with Crippen molar-refractivity contribution in [3.63, 3.8) is 0 Å². The van der Waals surface area contributed by atoms with Crippen molar-refractivity contribution in [2.45, 2.75) is 10.9 Å². The number of rotatable bonds is 3. The molecule has 0 amide bonds. The first-order chi connectivity index (χ1) is 6.09. The molecular formula is C9H12O2SSi. The monoisotopic (exact) mass is 212 g/mol. The van der Waals surface area contributed by atoms with Crippen LogP contribution in [-0.4, -0.2) is 18.7 Å². The van der Waals surface area contributed by atoms with Crippen LogP contribution in [0.3, 0.4) is 0 Å². The predicted molar refractivity (Wildman–Crippen MR) is 57.5 cm³/mol. The Labute approximate surface area is 81.6 Å². The minimum Gasteiger partial charge on any atom is -0.219 e. The smallest absolute Gasteiger partial charge is 0.201 e. The van der Waals surface area contributed by atoms with Crippen LogP contribution in [-0.2, 0) is 9.84 Å². The Morgan fingerprint density at radius 1 is 1.31 bits per heavy atom. The molecule has 0 aliphatic carbocycles. The number of allylic oxidation sites excluding steroid dienone is 1. The Morgan fingerprint density at radius 2 is 1.85 bits per heavy atom. The van der Waals surface area contributed by atoms with Gasteiger partial charge in [0, 0.05) is 15.1 Å². The summed E-state index contributed by atoms with van der Waals surface area (Å²) in [5.41, 5.74) is 0. The van der Waals surface area contributed by atoms with E-state index in [-0.39, 0.29) is 0 Å². The lowest BCUT2D eigenvalue weighted by Crippen LogP contribution is -2.02. The maximum Gasteiger partial charge on any atom is 0.201 e. The highest BCUT2D eigenvalue weighted by Crippen LogP contribution is 2.18. The van der Waals surface area contributed by atoms with Gasteiger partial charge in [0.2, 0.25) is 9.84 Å². The molecule has 0 atom stereocenters. The van der Waals surface area contributed by atoms with Crippen molar-refractivity contribution in [1.29, 1.82) is 0 Å². The number of benzene rings is 1. The fraction of sp³-hybridized carbons (Fsp3) is 0.111. The van der Waals surface area contributed by atoms with Crippen LogP contribution in [0.4, 0.5) is 0 Å². The summed E-state index contributed by atoms with van der Waals surface area (Å²) in [6, 6.07) is 9.01. The largest absolute Gasteiger partial charge is 0.219 e. The maximum atomic E-state index is 11.7. The maximum absolute atomic E-state index is 11.7. The van der Waals surface area contributed by atoms with E-state index in [0.29, 0.717) is 15.8 Å². The molecule has 0 bridgehead atoms. The van der Waals surface area contributed by atoms with E-state index in [1.165, 1.54) is 0 Å². The van der Waals surface area contributed by atoms with Gasteiger partial charge in [0.15, 0.2) is 0 Å². The van der Waals surface area contributed by atoms with Gasteiger partial charge in [0.1, 0.15) is 0 Å². The van der Waals surface area contributed by atoms with E-state index < -0.39 is 9.84 Å². The highest BCUT2D eigenvalue weighted by molar-refractivity contribution is 7.95.